The molecule has 0 aliphatic heterocycles. The summed E-state index contributed by atoms with van der Waals surface area (Å²) in [6, 6.07) is 9.74. The van der Waals surface area contributed by atoms with Gasteiger partial charge in [-0.2, -0.15) is 5.10 Å². The molecule has 0 saturated heterocycles. The van der Waals surface area contributed by atoms with Crippen molar-refractivity contribution in [3.8, 4) is 23.6 Å². The van der Waals surface area contributed by atoms with Crippen LogP contribution in [0.4, 0.5) is 0 Å². The molecular weight excluding hydrogens is 270 g/mol. The number of carbonyl (C=O) groups is 2. The first kappa shape index (κ1) is 14.3. The van der Waals surface area contributed by atoms with Gasteiger partial charge in [0.2, 0.25) is 0 Å². The molecule has 1 unspecified atom stereocenters. The van der Waals surface area contributed by atoms with Gasteiger partial charge in [0, 0.05) is 12.0 Å². The molecule has 0 radical (unpaired) electrons. The van der Waals surface area contributed by atoms with Crippen LogP contribution >= 0.6 is 0 Å². The molecule has 1 aromatic carbocycles. The molecule has 6 nitrogen and oxygen atoms in total. The zero-order valence-corrected chi connectivity index (χ0v) is 11.0. The molecule has 0 bridgehead atoms. The Labute approximate surface area is 121 Å². The number of carbonyl (C=O) groups excluding carboxylic acids is 1. The fraction of sp³-hybridized carbons (Fsp3) is 0.133. The van der Waals surface area contributed by atoms with E-state index in [0.717, 1.165) is 5.56 Å². The SMILES string of the molecule is C#CCC(NC(=O)c1cc(-c2ccccc2)n[nH]1)C(=O)O. The average Bonchev–Trinajstić information content (AvgIpc) is 2.97. The minimum Gasteiger partial charge on any atom is -0.480 e. The Morgan fingerprint density at radius 2 is 2.10 bits per heavy atom. The summed E-state index contributed by atoms with van der Waals surface area (Å²) >= 11 is 0. The summed E-state index contributed by atoms with van der Waals surface area (Å²) in [5.41, 5.74) is 1.63. The van der Waals surface area contributed by atoms with Gasteiger partial charge in [-0.3, -0.25) is 9.89 Å². The van der Waals surface area contributed by atoms with E-state index in [4.69, 9.17) is 11.5 Å². The van der Waals surface area contributed by atoms with Crippen LogP contribution in [0.1, 0.15) is 16.9 Å². The van der Waals surface area contributed by atoms with Crippen LogP contribution in [0.25, 0.3) is 11.3 Å². The second-order valence-corrected chi connectivity index (χ2v) is 4.31. The summed E-state index contributed by atoms with van der Waals surface area (Å²) in [6.45, 7) is 0. The van der Waals surface area contributed by atoms with Crippen LogP contribution in [0.2, 0.25) is 0 Å². The highest BCUT2D eigenvalue weighted by atomic mass is 16.4. The topological polar surface area (TPSA) is 95.1 Å². The van der Waals surface area contributed by atoms with Gasteiger partial charge in [-0.1, -0.05) is 30.3 Å². The van der Waals surface area contributed by atoms with Crippen LogP contribution in [-0.2, 0) is 4.79 Å². The zero-order chi connectivity index (χ0) is 15.2. The molecule has 0 aliphatic carbocycles. The summed E-state index contributed by atoms with van der Waals surface area (Å²) < 4.78 is 0. The van der Waals surface area contributed by atoms with Gasteiger partial charge >= 0.3 is 5.97 Å². The summed E-state index contributed by atoms with van der Waals surface area (Å²) in [7, 11) is 0. The van der Waals surface area contributed by atoms with Crippen LogP contribution in [0, 0.1) is 12.3 Å². The monoisotopic (exact) mass is 283 g/mol. The van der Waals surface area contributed by atoms with Gasteiger partial charge in [0.1, 0.15) is 11.7 Å². The third-order valence-electron chi connectivity index (χ3n) is 2.82. The van der Waals surface area contributed by atoms with Crippen molar-refractivity contribution < 1.29 is 14.7 Å². The molecule has 0 saturated carbocycles. The highest BCUT2D eigenvalue weighted by molar-refractivity contribution is 5.95. The van der Waals surface area contributed by atoms with Gasteiger partial charge in [-0.05, 0) is 6.07 Å². The van der Waals surface area contributed by atoms with Crippen molar-refractivity contribution in [1.29, 1.82) is 0 Å². The number of aromatic amines is 1. The van der Waals surface area contributed by atoms with Gasteiger partial charge in [0.25, 0.3) is 5.91 Å². The summed E-state index contributed by atoms with van der Waals surface area (Å²) in [5.74, 6) is 0.476. The number of aromatic nitrogens is 2. The largest absolute Gasteiger partial charge is 0.480 e. The molecule has 0 fully saturated rings. The van der Waals surface area contributed by atoms with E-state index in [1.807, 2.05) is 30.3 Å². The molecule has 21 heavy (non-hydrogen) atoms. The Bertz CT molecular complexity index is 686. The van der Waals surface area contributed by atoms with E-state index in [-0.39, 0.29) is 12.1 Å². The number of H-pyrrole nitrogens is 1. The predicted octanol–water partition coefficient (Wildman–Crippen LogP) is 1.28. The number of carboxylic acid groups (broad SMARTS) is 1. The van der Waals surface area contributed by atoms with E-state index in [0.29, 0.717) is 5.69 Å². The quantitative estimate of drug-likeness (QED) is 0.720. The van der Waals surface area contributed by atoms with E-state index >= 15 is 0 Å². The molecule has 2 aromatic rings. The Morgan fingerprint density at radius 3 is 2.71 bits per heavy atom. The van der Waals surface area contributed by atoms with Crippen molar-refractivity contribution in [1.82, 2.24) is 15.5 Å². The summed E-state index contributed by atoms with van der Waals surface area (Å²) in [4.78, 5) is 22.9. The van der Waals surface area contributed by atoms with Crippen LogP contribution in [0.3, 0.4) is 0 Å². The number of amides is 1. The first-order valence-electron chi connectivity index (χ1n) is 6.19. The number of hydrogen-bond donors (Lipinski definition) is 3. The third-order valence-corrected chi connectivity index (χ3v) is 2.82. The van der Waals surface area contributed by atoms with Crippen LogP contribution in [-0.4, -0.2) is 33.2 Å². The maximum absolute atomic E-state index is 12.0. The van der Waals surface area contributed by atoms with Crippen molar-refractivity contribution in [3.63, 3.8) is 0 Å². The van der Waals surface area contributed by atoms with E-state index in [1.54, 1.807) is 6.07 Å². The molecule has 1 atom stereocenters. The lowest BCUT2D eigenvalue weighted by Crippen LogP contribution is -2.40. The van der Waals surface area contributed by atoms with Gasteiger partial charge in [-0.15, -0.1) is 12.3 Å². The lowest BCUT2D eigenvalue weighted by atomic mass is 10.1. The molecule has 1 heterocycles. The Morgan fingerprint density at radius 1 is 1.38 bits per heavy atom. The van der Waals surface area contributed by atoms with Crippen molar-refractivity contribution in [2.24, 2.45) is 0 Å². The van der Waals surface area contributed by atoms with Crippen molar-refractivity contribution in [3.05, 3.63) is 42.1 Å². The van der Waals surface area contributed by atoms with Crippen LogP contribution in [0.5, 0.6) is 0 Å². The minimum absolute atomic E-state index is 0.0826. The zero-order valence-electron chi connectivity index (χ0n) is 11.0. The standard InChI is InChI=1S/C15H13N3O3/c1-2-6-11(15(20)21)16-14(19)13-9-12(17-18-13)10-7-4-3-5-8-10/h1,3-5,7-9,11H,6H2,(H,16,19)(H,17,18)(H,20,21). The molecule has 106 valence electrons. The third kappa shape index (κ3) is 3.48. The van der Waals surface area contributed by atoms with E-state index < -0.39 is 17.9 Å². The molecule has 1 amide bonds. The molecular formula is C15H13N3O3. The second-order valence-electron chi connectivity index (χ2n) is 4.31. The number of terminal acetylenes is 1. The van der Waals surface area contributed by atoms with Crippen molar-refractivity contribution in [2.75, 3.05) is 0 Å². The molecule has 2 rings (SSSR count). The number of hydrogen-bond acceptors (Lipinski definition) is 3. The molecule has 3 N–H and O–H groups in total. The van der Waals surface area contributed by atoms with Crippen molar-refractivity contribution >= 4 is 11.9 Å². The smallest absolute Gasteiger partial charge is 0.327 e. The Balaban J connectivity index is 2.12. The lowest BCUT2D eigenvalue weighted by molar-refractivity contribution is -0.139. The lowest BCUT2D eigenvalue weighted by Gasteiger charge is -2.10. The van der Waals surface area contributed by atoms with E-state index in [1.165, 1.54) is 0 Å². The Hall–Kier alpha value is -3.07. The van der Waals surface area contributed by atoms with Crippen LogP contribution in [0.15, 0.2) is 36.4 Å². The molecule has 1 aromatic heterocycles. The van der Waals surface area contributed by atoms with Gasteiger partial charge < -0.3 is 10.4 Å². The molecule has 0 spiro atoms. The van der Waals surface area contributed by atoms with Crippen molar-refractivity contribution in [2.45, 2.75) is 12.5 Å². The molecule has 0 aliphatic rings. The van der Waals surface area contributed by atoms with E-state index in [2.05, 4.69) is 21.4 Å². The maximum Gasteiger partial charge on any atom is 0.327 e. The number of nitrogens with zero attached hydrogens (tertiary/aromatic N) is 1. The summed E-state index contributed by atoms with van der Waals surface area (Å²) in [5, 5.41) is 17.9. The number of rotatable bonds is 5. The fourth-order valence-corrected chi connectivity index (χ4v) is 1.75. The summed E-state index contributed by atoms with van der Waals surface area (Å²) in [6.07, 6.45) is 4.99. The fourth-order valence-electron chi connectivity index (χ4n) is 1.75. The molecule has 6 heteroatoms. The maximum atomic E-state index is 12.0. The Kier molecular flexibility index (Phi) is 4.36. The van der Waals surface area contributed by atoms with Gasteiger partial charge in [0.05, 0.1) is 5.69 Å². The highest BCUT2D eigenvalue weighted by Gasteiger charge is 2.20. The average molecular weight is 283 g/mol. The predicted molar refractivity (Wildman–Crippen MR) is 76.4 cm³/mol. The first-order valence-corrected chi connectivity index (χ1v) is 6.19. The first-order chi connectivity index (χ1) is 10.1. The van der Waals surface area contributed by atoms with Gasteiger partial charge in [-0.25, -0.2) is 4.79 Å². The minimum atomic E-state index is -1.18. The van der Waals surface area contributed by atoms with Crippen LogP contribution < -0.4 is 5.32 Å². The second kappa shape index (κ2) is 6.39. The van der Waals surface area contributed by atoms with E-state index in [9.17, 15) is 9.59 Å². The number of aliphatic carboxylic acids is 1. The number of benzene rings is 1. The number of nitrogens with one attached hydrogen (secondary N) is 2. The normalized spacial score (nSPS) is 11.4. The van der Waals surface area contributed by atoms with Gasteiger partial charge in [0.15, 0.2) is 0 Å². The number of carboxylic acids is 1. The highest BCUT2D eigenvalue weighted by Crippen LogP contribution is 2.16.